The smallest absolute Gasteiger partial charge is 0.251 e. The molecule has 0 aromatic heterocycles. The molecule has 3 aromatic carbocycles. The maximum absolute atomic E-state index is 15.3. The van der Waals surface area contributed by atoms with Gasteiger partial charge in [-0.1, -0.05) is 96.5 Å². The summed E-state index contributed by atoms with van der Waals surface area (Å²) in [6, 6.07) is 22.8. The second-order valence-electron chi connectivity index (χ2n) is 13.2. The summed E-state index contributed by atoms with van der Waals surface area (Å²) >= 11 is 8.37. The van der Waals surface area contributed by atoms with Gasteiger partial charge < -0.3 is 19.8 Å². The fourth-order valence-corrected chi connectivity index (χ4v) is 11.0. The third kappa shape index (κ3) is 5.57. The minimum Gasteiger partial charge on any atom is -0.394 e. The van der Waals surface area contributed by atoms with Gasteiger partial charge in [0.1, 0.15) is 6.04 Å². The lowest BCUT2D eigenvalue weighted by Crippen LogP contribution is -2.56. The van der Waals surface area contributed by atoms with E-state index in [4.69, 9.17) is 11.6 Å². The van der Waals surface area contributed by atoms with Gasteiger partial charge >= 0.3 is 0 Å². The van der Waals surface area contributed by atoms with Crippen molar-refractivity contribution < 1.29 is 19.5 Å². The van der Waals surface area contributed by atoms with Gasteiger partial charge in [0.25, 0.3) is 5.91 Å². The Morgan fingerprint density at radius 2 is 1.67 bits per heavy atom. The van der Waals surface area contributed by atoms with Crippen molar-refractivity contribution in [2.45, 2.75) is 54.8 Å². The molecule has 3 heterocycles. The van der Waals surface area contributed by atoms with Crippen molar-refractivity contribution in [3.8, 4) is 0 Å². The standard InChI is InChI=1S/C39H42ClN3O4S/c1-5-22-41(24-27-15-9-7-10-16-27)35(45)31-32-36(46)43(30(25-44)28-17-11-8-12-18-28)34(39(32)21-20-38(31,4)48-39)37(47)42(23-6-2)33-26(3)14-13-19-29(33)40/h5-19,30-32,34,44H,1-2,20-25H2,3-4H3/t30-,31-,32+,34?,38+,39?/m1/s1. The normalized spacial score (nSPS) is 26.2. The van der Waals surface area contributed by atoms with Crippen LogP contribution in [0.3, 0.4) is 0 Å². The summed E-state index contributed by atoms with van der Waals surface area (Å²) in [6.45, 7) is 12.3. The van der Waals surface area contributed by atoms with Crippen molar-refractivity contribution in [1.29, 1.82) is 0 Å². The molecule has 0 saturated carbocycles. The van der Waals surface area contributed by atoms with E-state index in [1.807, 2.05) is 79.7 Å². The number of thioether (sulfide) groups is 1. The lowest BCUT2D eigenvalue weighted by molar-refractivity contribution is -0.146. The van der Waals surface area contributed by atoms with Crippen LogP contribution < -0.4 is 4.90 Å². The molecule has 250 valence electrons. The summed E-state index contributed by atoms with van der Waals surface area (Å²) in [5.74, 6) is -2.13. The van der Waals surface area contributed by atoms with Gasteiger partial charge in [0.05, 0.1) is 39.9 Å². The molecule has 3 saturated heterocycles. The van der Waals surface area contributed by atoms with Crippen LogP contribution in [0, 0.1) is 18.8 Å². The van der Waals surface area contributed by atoms with Crippen LogP contribution >= 0.6 is 23.4 Å². The van der Waals surface area contributed by atoms with Crippen LogP contribution in [-0.2, 0) is 20.9 Å². The number of aliphatic hydroxyl groups is 1. The van der Waals surface area contributed by atoms with E-state index in [1.54, 1.807) is 44.7 Å². The molecule has 2 bridgehead atoms. The van der Waals surface area contributed by atoms with Crippen molar-refractivity contribution in [2.75, 3.05) is 24.6 Å². The summed E-state index contributed by atoms with van der Waals surface area (Å²) < 4.78 is -1.46. The zero-order chi connectivity index (χ0) is 34.2. The number of carbonyl (C=O) groups is 3. The first-order valence-corrected chi connectivity index (χ1v) is 17.6. The van der Waals surface area contributed by atoms with E-state index >= 15 is 9.59 Å². The molecule has 3 aliphatic heterocycles. The Kier molecular flexibility index (Phi) is 9.62. The van der Waals surface area contributed by atoms with Gasteiger partial charge in [-0.25, -0.2) is 0 Å². The number of nitrogens with zero attached hydrogens (tertiary/aromatic N) is 3. The van der Waals surface area contributed by atoms with E-state index in [1.165, 1.54) is 0 Å². The Bertz CT molecular complexity index is 1700. The number of aliphatic hydroxyl groups excluding tert-OH is 1. The molecule has 2 unspecified atom stereocenters. The first kappa shape index (κ1) is 34.0. The third-order valence-electron chi connectivity index (χ3n) is 10.3. The molecule has 7 nitrogen and oxygen atoms in total. The molecular formula is C39H42ClN3O4S. The number of rotatable bonds is 12. The summed E-state index contributed by atoms with van der Waals surface area (Å²) in [4.78, 5) is 50.1. The zero-order valence-corrected chi connectivity index (χ0v) is 29.0. The lowest BCUT2D eigenvalue weighted by Gasteiger charge is -2.40. The lowest BCUT2D eigenvalue weighted by atomic mass is 9.66. The fraction of sp³-hybridized carbons (Fsp3) is 0.359. The Morgan fingerprint density at radius 1 is 1.00 bits per heavy atom. The molecule has 9 heteroatoms. The number of likely N-dealkylation sites (tertiary alicyclic amines) is 1. The van der Waals surface area contributed by atoms with E-state index in [2.05, 4.69) is 20.1 Å². The largest absolute Gasteiger partial charge is 0.394 e. The first-order chi connectivity index (χ1) is 23.1. The Labute approximate surface area is 292 Å². The van der Waals surface area contributed by atoms with E-state index in [0.29, 0.717) is 36.6 Å². The average Bonchev–Trinajstić information content (AvgIpc) is 3.65. The minimum atomic E-state index is -0.963. The number of benzene rings is 3. The number of para-hydroxylation sites is 1. The molecule has 6 atom stereocenters. The van der Waals surface area contributed by atoms with Gasteiger partial charge in [-0.3, -0.25) is 14.4 Å². The number of amides is 3. The highest BCUT2D eigenvalue weighted by molar-refractivity contribution is 8.02. The SMILES string of the molecule is C=CCN(Cc1ccccc1)C(=O)[C@H]1[C@H]2C(=O)N([C@H](CO)c3ccccc3)C(C(=O)N(CC=C)c3c(C)cccc3Cl)C23CC[C@]1(C)S3. The molecule has 3 amide bonds. The number of hydrogen-bond acceptors (Lipinski definition) is 5. The van der Waals surface area contributed by atoms with Gasteiger partial charge in [-0.05, 0) is 49.4 Å². The summed E-state index contributed by atoms with van der Waals surface area (Å²) in [6.07, 6.45) is 4.62. The highest BCUT2D eigenvalue weighted by Gasteiger charge is 2.78. The highest BCUT2D eigenvalue weighted by Crippen LogP contribution is 2.72. The maximum atomic E-state index is 15.3. The summed E-state index contributed by atoms with van der Waals surface area (Å²) in [5, 5.41) is 11.4. The number of aryl methyl sites for hydroxylation is 1. The molecular weight excluding hydrogens is 642 g/mol. The predicted molar refractivity (Wildman–Crippen MR) is 193 cm³/mol. The van der Waals surface area contributed by atoms with Crippen LogP contribution in [0.5, 0.6) is 0 Å². The fourth-order valence-electron chi connectivity index (χ4n) is 8.31. The second kappa shape index (κ2) is 13.6. The van der Waals surface area contributed by atoms with Crippen molar-refractivity contribution in [1.82, 2.24) is 9.80 Å². The van der Waals surface area contributed by atoms with Crippen molar-refractivity contribution >= 4 is 46.8 Å². The number of halogens is 1. The van der Waals surface area contributed by atoms with Gasteiger partial charge in [-0.15, -0.1) is 24.9 Å². The quantitative estimate of drug-likeness (QED) is 0.218. The number of fused-ring (bicyclic) bond motifs is 1. The van der Waals surface area contributed by atoms with Gasteiger partial charge in [0.15, 0.2) is 0 Å². The number of carbonyl (C=O) groups excluding carboxylic acids is 3. The van der Waals surface area contributed by atoms with Crippen molar-refractivity contribution in [3.05, 3.63) is 126 Å². The molecule has 0 aliphatic carbocycles. The van der Waals surface area contributed by atoms with E-state index in [-0.39, 0.29) is 30.9 Å². The molecule has 6 rings (SSSR count). The molecule has 3 fully saturated rings. The van der Waals surface area contributed by atoms with Crippen LogP contribution in [0.1, 0.15) is 42.5 Å². The third-order valence-corrected chi connectivity index (χ3v) is 12.6. The van der Waals surface area contributed by atoms with Gasteiger partial charge in [0.2, 0.25) is 11.8 Å². The van der Waals surface area contributed by atoms with E-state index in [0.717, 1.165) is 16.7 Å². The minimum absolute atomic E-state index is 0.119. The van der Waals surface area contributed by atoms with Gasteiger partial charge in [-0.2, -0.15) is 0 Å². The second-order valence-corrected chi connectivity index (χ2v) is 15.5. The molecule has 48 heavy (non-hydrogen) atoms. The summed E-state index contributed by atoms with van der Waals surface area (Å²) in [5.41, 5.74) is 3.08. The monoisotopic (exact) mass is 683 g/mol. The van der Waals surface area contributed by atoms with E-state index in [9.17, 15) is 9.90 Å². The van der Waals surface area contributed by atoms with Crippen molar-refractivity contribution in [2.24, 2.45) is 11.8 Å². The molecule has 1 spiro atoms. The van der Waals surface area contributed by atoms with Crippen LogP contribution in [0.4, 0.5) is 5.69 Å². The van der Waals surface area contributed by atoms with E-state index < -0.39 is 33.4 Å². The Balaban J connectivity index is 1.49. The highest BCUT2D eigenvalue weighted by atomic mass is 35.5. The maximum Gasteiger partial charge on any atom is 0.251 e. The molecule has 3 aromatic rings. The molecule has 3 aliphatic rings. The van der Waals surface area contributed by atoms with Crippen LogP contribution in [0.25, 0.3) is 0 Å². The number of anilines is 1. The topological polar surface area (TPSA) is 81.2 Å². The van der Waals surface area contributed by atoms with Crippen molar-refractivity contribution in [3.63, 3.8) is 0 Å². The Morgan fingerprint density at radius 3 is 2.29 bits per heavy atom. The molecule has 1 N–H and O–H groups in total. The Hall–Kier alpha value is -3.85. The molecule has 0 radical (unpaired) electrons. The predicted octanol–water partition coefficient (Wildman–Crippen LogP) is 6.60. The van der Waals surface area contributed by atoms with Crippen LogP contribution in [0.15, 0.2) is 104 Å². The zero-order valence-electron chi connectivity index (χ0n) is 27.4. The van der Waals surface area contributed by atoms with Gasteiger partial charge in [0, 0.05) is 24.4 Å². The first-order valence-electron chi connectivity index (χ1n) is 16.4. The van der Waals surface area contributed by atoms with Crippen LogP contribution in [-0.4, -0.2) is 67.9 Å². The number of hydrogen-bond donors (Lipinski definition) is 1. The summed E-state index contributed by atoms with van der Waals surface area (Å²) in [7, 11) is 0. The average molecular weight is 684 g/mol. The van der Waals surface area contributed by atoms with Crippen LogP contribution in [0.2, 0.25) is 5.02 Å².